The Hall–Kier alpha value is -4.15. The fraction of sp³-hybridized carbons (Fsp3) is 0.448. The number of halogens is 1. The van der Waals surface area contributed by atoms with Gasteiger partial charge in [0.25, 0.3) is 5.91 Å². The molecule has 0 saturated carbocycles. The average Bonchev–Trinajstić information content (AvgIpc) is 3.21. The zero-order chi connectivity index (χ0) is 29.2. The highest BCUT2D eigenvalue weighted by atomic mass is 19.1. The Morgan fingerprint density at radius 3 is 2.38 bits per heavy atom. The number of anilines is 1. The van der Waals surface area contributed by atoms with Gasteiger partial charge in [-0.15, -0.1) is 0 Å². The molecule has 40 heavy (non-hydrogen) atoms. The molecule has 1 fully saturated rings. The van der Waals surface area contributed by atoms with Gasteiger partial charge in [0.1, 0.15) is 22.8 Å². The van der Waals surface area contributed by atoms with Crippen molar-refractivity contribution in [1.82, 2.24) is 20.1 Å². The topological polar surface area (TPSA) is 117 Å². The number of hydrogen-bond acceptors (Lipinski definition) is 6. The van der Waals surface area contributed by atoms with Crippen LogP contribution in [-0.2, 0) is 4.74 Å². The molecule has 2 N–H and O–H groups in total. The third-order valence-corrected chi connectivity index (χ3v) is 6.63. The van der Waals surface area contributed by atoms with Gasteiger partial charge in [0.05, 0.1) is 23.5 Å². The van der Waals surface area contributed by atoms with E-state index >= 15 is 0 Å². The van der Waals surface area contributed by atoms with Crippen LogP contribution in [0.4, 0.5) is 19.7 Å². The lowest BCUT2D eigenvalue weighted by Crippen LogP contribution is -2.51. The van der Waals surface area contributed by atoms with Gasteiger partial charge in [-0.3, -0.25) is 9.78 Å². The smallest absolute Gasteiger partial charge is 0.410 e. The molecule has 3 heterocycles. The number of fused-ring (bicyclic) bond motifs is 1. The van der Waals surface area contributed by atoms with Gasteiger partial charge in [0.2, 0.25) is 0 Å². The number of piperazine rings is 1. The minimum Gasteiger partial charge on any atom is -0.459 e. The first-order valence-electron chi connectivity index (χ1n) is 13.3. The molecule has 3 aromatic rings. The van der Waals surface area contributed by atoms with Crippen molar-refractivity contribution < 1.29 is 27.9 Å². The quantitative estimate of drug-likeness (QED) is 0.432. The van der Waals surface area contributed by atoms with Gasteiger partial charge in [0, 0.05) is 43.3 Å². The van der Waals surface area contributed by atoms with E-state index in [1.54, 1.807) is 21.9 Å². The predicted octanol–water partition coefficient (Wildman–Crippen LogP) is 5.49. The summed E-state index contributed by atoms with van der Waals surface area (Å²) in [7, 11) is 0. The molecular weight excluding hydrogens is 517 g/mol. The van der Waals surface area contributed by atoms with E-state index in [1.807, 2.05) is 41.5 Å². The van der Waals surface area contributed by atoms with Crippen molar-refractivity contribution in [3.63, 3.8) is 0 Å². The normalized spacial score (nSPS) is 14.8. The molecule has 1 aromatic carbocycles. The summed E-state index contributed by atoms with van der Waals surface area (Å²) in [5.41, 5.74) is 1.38. The molecule has 11 heteroatoms. The van der Waals surface area contributed by atoms with E-state index < -0.39 is 23.8 Å². The number of ether oxygens (including phenoxy) is 1. The molecule has 4 amide bonds. The number of hydrogen-bond donors (Lipinski definition) is 2. The van der Waals surface area contributed by atoms with Gasteiger partial charge in [-0.05, 0) is 57.9 Å². The van der Waals surface area contributed by atoms with Crippen LogP contribution in [0.25, 0.3) is 11.0 Å². The fourth-order valence-corrected chi connectivity index (χ4v) is 4.58. The highest BCUT2D eigenvalue weighted by Crippen LogP contribution is 2.33. The lowest BCUT2D eigenvalue weighted by molar-refractivity contribution is 0.0141. The highest BCUT2D eigenvalue weighted by molar-refractivity contribution is 5.96. The van der Waals surface area contributed by atoms with Crippen molar-refractivity contribution in [2.24, 2.45) is 5.92 Å². The van der Waals surface area contributed by atoms with Gasteiger partial charge in [-0.1, -0.05) is 13.8 Å². The van der Waals surface area contributed by atoms with Crippen molar-refractivity contribution in [2.75, 3.05) is 31.5 Å². The summed E-state index contributed by atoms with van der Waals surface area (Å²) in [5, 5.41) is 6.34. The molecule has 0 radical (unpaired) electrons. The fourth-order valence-electron chi connectivity index (χ4n) is 4.58. The van der Waals surface area contributed by atoms with E-state index in [9.17, 15) is 18.8 Å². The first-order valence-corrected chi connectivity index (χ1v) is 13.3. The first kappa shape index (κ1) is 28.8. The van der Waals surface area contributed by atoms with Crippen LogP contribution >= 0.6 is 0 Å². The second-order valence-corrected chi connectivity index (χ2v) is 11.3. The van der Waals surface area contributed by atoms with Crippen LogP contribution < -0.4 is 10.6 Å². The van der Waals surface area contributed by atoms with Gasteiger partial charge in [0.15, 0.2) is 0 Å². The second-order valence-electron chi connectivity index (χ2n) is 11.3. The summed E-state index contributed by atoms with van der Waals surface area (Å²) in [5.74, 6) is -0.0780. The molecule has 0 bridgehead atoms. The summed E-state index contributed by atoms with van der Waals surface area (Å²) in [6.45, 7) is 12.6. The summed E-state index contributed by atoms with van der Waals surface area (Å²) in [4.78, 5) is 45.8. The molecule has 1 saturated heterocycles. The number of nitrogens with zero attached hydrogens (tertiary/aromatic N) is 3. The molecule has 1 unspecified atom stereocenters. The summed E-state index contributed by atoms with van der Waals surface area (Å²) in [6, 6.07) is 4.91. The maximum Gasteiger partial charge on any atom is 0.410 e. The number of aromatic nitrogens is 1. The van der Waals surface area contributed by atoms with Crippen LogP contribution in [0.2, 0.25) is 0 Å². The van der Waals surface area contributed by atoms with Crippen LogP contribution in [0, 0.1) is 18.7 Å². The first-order chi connectivity index (χ1) is 18.8. The van der Waals surface area contributed by atoms with Crippen molar-refractivity contribution in [1.29, 1.82) is 0 Å². The van der Waals surface area contributed by atoms with Crippen LogP contribution in [0.5, 0.6) is 0 Å². The number of urea groups is 1. The number of rotatable bonds is 5. The highest BCUT2D eigenvalue weighted by Gasteiger charge is 2.29. The summed E-state index contributed by atoms with van der Waals surface area (Å²) >= 11 is 0. The molecule has 2 aromatic heterocycles. The Morgan fingerprint density at radius 2 is 1.73 bits per heavy atom. The Bertz CT molecular complexity index is 1410. The lowest BCUT2D eigenvalue weighted by atomic mass is 9.98. The van der Waals surface area contributed by atoms with Crippen LogP contribution in [0.1, 0.15) is 62.3 Å². The van der Waals surface area contributed by atoms with Gasteiger partial charge < -0.3 is 29.6 Å². The van der Waals surface area contributed by atoms with Gasteiger partial charge >= 0.3 is 12.1 Å². The Kier molecular flexibility index (Phi) is 8.32. The van der Waals surface area contributed by atoms with Crippen molar-refractivity contribution >= 4 is 34.7 Å². The van der Waals surface area contributed by atoms with Crippen LogP contribution in [-0.4, -0.2) is 64.6 Å². The number of carbonyl (C=O) groups is 3. The average molecular weight is 554 g/mol. The predicted molar refractivity (Wildman–Crippen MR) is 149 cm³/mol. The molecule has 1 atom stereocenters. The Morgan fingerprint density at radius 1 is 1.05 bits per heavy atom. The molecular formula is C29H36FN5O5. The number of aryl methyl sites for hydroxylation is 1. The molecule has 4 rings (SSSR count). The van der Waals surface area contributed by atoms with E-state index in [1.165, 1.54) is 24.5 Å². The third kappa shape index (κ3) is 6.70. The molecule has 1 aliphatic heterocycles. The maximum absolute atomic E-state index is 13.8. The monoisotopic (exact) mass is 553 g/mol. The second kappa shape index (κ2) is 11.5. The standard InChI is InChI=1S/C29H36FN5O5/c1-17(2)24(25-18(3)22-14-20(30)7-8-23(22)39-25)33-27(37)32-21-13-19(15-31-16-21)26(36)34-9-11-35(12-10-34)28(38)40-29(4,5)6/h7-8,13-17,24H,9-12H2,1-6H3,(H2,32,33,37). The Balaban J connectivity index is 1.39. The van der Waals surface area contributed by atoms with Crippen LogP contribution in [0.15, 0.2) is 41.1 Å². The zero-order valence-corrected chi connectivity index (χ0v) is 23.7. The number of pyridine rings is 1. The third-order valence-electron chi connectivity index (χ3n) is 6.63. The zero-order valence-electron chi connectivity index (χ0n) is 23.7. The number of amides is 4. The number of carbonyl (C=O) groups excluding carboxylic acids is 3. The van der Waals surface area contributed by atoms with E-state index in [2.05, 4.69) is 15.6 Å². The summed E-state index contributed by atoms with van der Waals surface area (Å²) in [6.07, 6.45) is 2.50. The van der Waals surface area contributed by atoms with Crippen LogP contribution in [0.3, 0.4) is 0 Å². The maximum atomic E-state index is 13.8. The van der Waals surface area contributed by atoms with Crippen molar-refractivity contribution in [2.45, 2.75) is 53.2 Å². The molecule has 0 spiro atoms. The van der Waals surface area contributed by atoms with E-state index in [4.69, 9.17) is 9.15 Å². The van der Waals surface area contributed by atoms with Crippen molar-refractivity contribution in [3.8, 4) is 0 Å². The van der Waals surface area contributed by atoms with Crippen molar-refractivity contribution in [3.05, 3.63) is 59.4 Å². The molecule has 1 aliphatic rings. The summed E-state index contributed by atoms with van der Waals surface area (Å²) < 4.78 is 25.2. The minimum absolute atomic E-state index is 0.0276. The lowest BCUT2D eigenvalue weighted by Gasteiger charge is -2.35. The molecule has 0 aliphatic carbocycles. The molecule has 214 valence electrons. The van der Waals surface area contributed by atoms with E-state index in [0.717, 1.165) is 5.56 Å². The molecule has 10 nitrogen and oxygen atoms in total. The van der Waals surface area contributed by atoms with E-state index in [-0.39, 0.29) is 17.6 Å². The van der Waals surface area contributed by atoms with Gasteiger partial charge in [-0.2, -0.15) is 0 Å². The number of nitrogens with one attached hydrogen (secondary N) is 2. The van der Waals surface area contributed by atoms with Gasteiger partial charge in [-0.25, -0.2) is 14.0 Å². The SMILES string of the molecule is Cc1c(C(NC(=O)Nc2cncc(C(=O)N3CCN(C(=O)OC(C)(C)C)CC3)c2)C(C)C)oc2ccc(F)cc12. The Labute approximate surface area is 232 Å². The number of furan rings is 1. The largest absolute Gasteiger partial charge is 0.459 e. The minimum atomic E-state index is -0.588. The van der Waals surface area contributed by atoms with E-state index in [0.29, 0.717) is 54.2 Å². The number of benzene rings is 1.